The van der Waals surface area contributed by atoms with Gasteiger partial charge in [0.1, 0.15) is 11.4 Å². The zero-order valence-corrected chi connectivity index (χ0v) is 23.9. The molecule has 234 valence electrons. The first-order valence-electron chi connectivity index (χ1n) is 12.4. The summed E-state index contributed by atoms with van der Waals surface area (Å²) >= 11 is 0. The number of carbonyl (C=O) groups excluding carboxylic acids is 2. The van der Waals surface area contributed by atoms with Gasteiger partial charge in [-0.2, -0.15) is 0 Å². The minimum absolute atomic E-state index is 0.0423. The van der Waals surface area contributed by atoms with Crippen molar-refractivity contribution in [2.75, 3.05) is 19.3 Å². The van der Waals surface area contributed by atoms with E-state index in [4.69, 9.17) is 33.5 Å². The fourth-order valence-corrected chi connectivity index (χ4v) is 5.38. The number of phosphoric ester groups is 1. The van der Waals surface area contributed by atoms with E-state index >= 15 is 4.39 Å². The van der Waals surface area contributed by atoms with Gasteiger partial charge in [0.15, 0.2) is 23.4 Å². The maximum Gasteiger partial charge on any atom is 0.510 e. The Morgan fingerprint density at radius 2 is 1.71 bits per heavy atom. The second-order valence-electron chi connectivity index (χ2n) is 10.0. The van der Waals surface area contributed by atoms with Gasteiger partial charge in [0.2, 0.25) is 13.6 Å². The van der Waals surface area contributed by atoms with E-state index in [1.807, 2.05) is 0 Å². The predicted octanol–water partition coefficient (Wildman–Crippen LogP) is 1.56. The molecule has 20 heteroatoms. The van der Waals surface area contributed by atoms with Crippen molar-refractivity contribution in [2.24, 2.45) is 0 Å². The highest BCUT2D eigenvalue weighted by Crippen LogP contribution is 2.72. The Bertz CT molecular complexity index is 1430. The van der Waals surface area contributed by atoms with Crippen LogP contribution in [0.5, 0.6) is 0 Å². The highest BCUT2D eigenvalue weighted by molar-refractivity contribution is 7.48. The number of fused-ring (bicyclic) bond motifs is 2. The smallest absolute Gasteiger partial charge is 0.432 e. The molecule has 1 unspecified atom stereocenters. The average molecular weight is 624 g/mol. The molecule has 2 aromatic rings. The Kier molecular flexibility index (Phi) is 8.33. The quantitative estimate of drug-likeness (QED) is 0.157. The minimum Gasteiger partial charge on any atom is -0.432 e. The maximum absolute atomic E-state index is 16.0. The molecule has 2 aromatic heterocycles. The Morgan fingerprint density at radius 1 is 1.17 bits per heavy atom. The summed E-state index contributed by atoms with van der Waals surface area (Å²) in [5.74, 6) is -3.29. The van der Waals surface area contributed by atoms with E-state index in [1.54, 1.807) is 0 Å². The van der Waals surface area contributed by atoms with Gasteiger partial charge in [0, 0.05) is 6.07 Å². The lowest BCUT2D eigenvalue weighted by atomic mass is 9.95. The number of aliphatic hydroxyl groups is 2. The number of aromatic nitrogens is 3. The molecular weight excluding hydrogens is 594 g/mol. The van der Waals surface area contributed by atoms with Gasteiger partial charge in [-0.3, -0.25) is 9.32 Å². The number of nitrogens with zero attached hydrogens (tertiary/aromatic N) is 2. The summed E-state index contributed by atoms with van der Waals surface area (Å²) in [5, 5.41) is 22.5. The van der Waals surface area contributed by atoms with Crippen molar-refractivity contribution in [1.29, 1.82) is 0 Å². The molecule has 1 saturated carbocycles. The number of phosphoric acid groups is 1. The van der Waals surface area contributed by atoms with Crippen molar-refractivity contribution < 1.29 is 66.0 Å². The second kappa shape index (κ2) is 11.1. The number of imidazole rings is 1. The number of hydrogen-bond acceptors (Lipinski definition) is 16. The van der Waals surface area contributed by atoms with Crippen molar-refractivity contribution in [1.82, 2.24) is 14.5 Å². The van der Waals surface area contributed by atoms with Crippen LogP contribution in [0.2, 0.25) is 0 Å². The van der Waals surface area contributed by atoms with Gasteiger partial charge >= 0.3 is 20.1 Å². The molecule has 2 fully saturated rings. The number of rotatable bonds is 11. The number of nitrogen functional groups attached to an aromatic ring is 1. The monoisotopic (exact) mass is 624 g/mol. The third-order valence-electron chi connectivity index (χ3n) is 6.21. The number of anilines is 1. The Morgan fingerprint density at radius 3 is 2.19 bits per heavy atom. The number of H-pyrrole nitrogens is 1. The number of pyridine rings is 1. The van der Waals surface area contributed by atoms with Gasteiger partial charge in [-0.25, -0.2) is 32.6 Å². The van der Waals surface area contributed by atoms with E-state index in [2.05, 4.69) is 19.4 Å². The second-order valence-corrected chi connectivity index (χ2v) is 11.6. The number of carbonyl (C=O) groups is 2. The Labute approximate surface area is 236 Å². The van der Waals surface area contributed by atoms with Crippen molar-refractivity contribution in [3.05, 3.63) is 22.7 Å². The normalized spacial score (nSPS) is 28.6. The number of hydrogen-bond donors (Lipinski definition) is 4. The van der Waals surface area contributed by atoms with Crippen molar-refractivity contribution >= 4 is 37.0 Å². The number of nitrogens with one attached hydrogen (secondary N) is 1. The zero-order valence-electron chi connectivity index (χ0n) is 23.0. The molecule has 1 saturated heterocycles. The summed E-state index contributed by atoms with van der Waals surface area (Å²) < 4.78 is 69.3. The van der Waals surface area contributed by atoms with Crippen LogP contribution in [0.4, 0.5) is 19.8 Å². The van der Waals surface area contributed by atoms with Gasteiger partial charge in [0.25, 0.3) is 11.4 Å². The number of alkyl halides is 1. The van der Waals surface area contributed by atoms with E-state index in [0.29, 0.717) is 0 Å². The zero-order chi connectivity index (χ0) is 31.3. The molecular formula is C22H30FN4O14P. The molecule has 42 heavy (non-hydrogen) atoms. The molecule has 0 spiro atoms. The fourth-order valence-electron chi connectivity index (χ4n) is 4.28. The van der Waals surface area contributed by atoms with Crippen molar-refractivity contribution in [3.8, 4) is 0 Å². The van der Waals surface area contributed by atoms with Gasteiger partial charge in [-0.15, -0.1) is 0 Å². The van der Waals surface area contributed by atoms with E-state index in [9.17, 15) is 29.2 Å². The van der Waals surface area contributed by atoms with Gasteiger partial charge in [0.05, 0.1) is 24.1 Å². The average Bonchev–Trinajstić information content (AvgIpc) is 3.10. The van der Waals surface area contributed by atoms with Gasteiger partial charge in [-0.1, -0.05) is 0 Å². The molecule has 0 bridgehead atoms. The van der Waals surface area contributed by atoms with Crippen LogP contribution in [0.3, 0.4) is 0 Å². The molecule has 0 amide bonds. The largest absolute Gasteiger partial charge is 0.510 e. The summed E-state index contributed by atoms with van der Waals surface area (Å²) in [5.41, 5.74) is -0.490. The third-order valence-corrected chi connectivity index (χ3v) is 7.52. The van der Waals surface area contributed by atoms with E-state index in [-0.39, 0.29) is 16.9 Å². The highest BCUT2D eigenvalue weighted by Gasteiger charge is 2.95. The van der Waals surface area contributed by atoms with Crippen LogP contribution < -0.4 is 11.3 Å². The standard InChI is InChI=1S/C22H30FN4O14P/c1-10(2)38-18(29)34-8-36-42(33,37-9-35-19(30)39-11(3)4)41-16-21(32)20(5,31)17(40-22(16,21)23)27-7-25-14-12(27)6-13(24)26-15(14)28/h6-7,10-11,16-17,31-32H,8-9H2,1-5H3,(H3,24,26,28)/t16?,17-,20+,21+,22-/m1/s1. The number of nitrogens with two attached hydrogens (primary N) is 1. The van der Waals surface area contributed by atoms with Crippen LogP contribution >= 0.6 is 7.82 Å². The first kappa shape index (κ1) is 31.6. The van der Waals surface area contributed by atoms with Crippen LogP contribution in [0.1, 0.15) is 40.8 Å². The number of halogens is 1. The van der Waals surface area contributed by atoms with Gasteiger partial charge in [-0.05, 0) is 34.6 Å². The first-order chi connectivity index (χ1) is 19.4. The van der Waals surface area contributed by atoms with Crippen LogP contribution in [0.15, 0.2) is 17.2 Å². The molecule has 18 nitrogen and oxygen atoms in total. The summed E-state index contributed by atoms with van der Waals surface area (Å²) in [6.45, 7) is 4.88. The number of aromatic amines is 1. The van der Waals surface area contributed by atoms with Crippen LogP contribution in [0.25, 0.3) is 11.0 Å². The molecule has 2 aliphatic rings. The molecule has 3 heterocycles. The molecule has 5 N–H and O–H groups in total. The Hall–Kier alpha value is -3.32. The first-order valence-corrected chi connectivity index (χ1v) is 13.8. The molecule has 1 aliphatic carbocycles. The maximum atomic E-state index is 16.0. The topological polar surface area (TPSA) is 242 Å². The predicted molar refractivity (Wildman–Crippen MR) is 134 cm³/mol. The summed E-state index contributed by atoms with van der Waals surface area (Å²) in [6, 6.07) is 1.28. The van der Waals surface area contributed by atoms with Crippen LogP contribution in [-0.4, -0.2) is 86.0 Å². The van der Waals surface area contributed by atoms with Crippen molar-refractivity contribution in [3.63, 3.8) is 0 Å². The lowest BCUT2D eigenvalue weighted by Crippen LogP contribution is -2.48. The van der Waals surface area contributed by atoms with E-state index < -0.39 is 80.9 Å². The van der Waals surface area contributed by atoms with Crippen molar-refractivity contribution in [2.45, 2.75) is 76.2 Å². The Balaban J connectivity index is 1.53. The molecule has 1 aliphatic heterocycles. The SMILES string of the molecule is CC(C)OC(=O)OCOP(=O)(OCOC(=O)OC(C)C)OC1[C@]2(O)[C@@](C)(O)[C@H](n3cnc4c(=O)[nH]c(N)cc43)O[C@]12F. The molecule has 5 atom stereocenters. The van der Waals surface area contributed by atoms with Crippen LogP contribution in [0, 0.1) is 0 Å². The minimum atomic E-state index is -5.06. The van der Waals surface area contributed by atoms with E-state index in [0.717, 1.165) is 17.8 Å². The molecule has 0 aromatic carbocycles. The third kappa shape index (κ3) is 5.56. The summed E-state index contributed by atoms with van der Waals surface area (Å²) in [6.07, 6.45) is -6.43. The van der Waals surface area contributed by atoms with Crippen LogP contribution in [-0.2, 0) is 41.8 Å². The van der Waals surface area contributed by atoms with E-state index in [1.165, 1.54) is 33.8 Å². The fraction of sp³-hybridized carbons (Fsp3) is 0.636. The van der Waals surface area contributed by atoms with Gasteiger partial charge < -0.3 is 49.2 Å². The summed E-state index contributed by atoms with van der Waals surface area (Å²) in [7, 11) is -5.06. The molecule has 4 rings (SSSR count). The highest BCUT2D eigenvalue weighted by atomic mass is 31.2. The summed E-state index contributed by atoms with van der Waals surface area (Å²) in [4.78, 5) is 41.7. The molecule has 0 radical (unpaired) electrons. The lowest BCUT2D eigenvalue weighted by molar-refractivity contribution is -0.180. The number of ether oxygens (including phenoxy) is 5. The lowest BCUT2D eigenvalue weighted by Gasteiger charge is -2.32.